The number of hydrogen-bond acceptors (Lipinski definition) is 16. The Balaban J connectivity index is 2.11. The van der Waals surface area contributed by atoms with Crippen LogP contribution in [0.15, 0.2) is 24.3 Å². The summed E-state index contributed by atoms with van der Waals surface area (Å²) in [6, 6.07) is 4.72. The maximum Gasteiger partial charge on any atom is 0.321 e. The van der Waals surface area contributed by atoms with E-state index in [0.717, 1.165) is 5.56 Å². The molecule has 0 saturated carbocycles. The van der Waals surface area contributed by atoms with Crippen LogP contribution in [-0.4, -0.2) is 191 Å². The Morgan fingerprint density at radius 2 is 1.24 bits per heavy atom. The van der Waals surface area contributed by atoms with Gasteiger partial charge < -0.3 is 53.7 Å². The first-order chi connectivity index (χ1) is 24.1. The summed E-state index contributed by atoms with van der Waals surface area (Å²) in [4.78, 5) is 54.6. The van der Waals surface area contributed by atoms with Crippen LogP contribution in [0, 0.1) is 0 Å². The molecule has 0 amide bonds. The Kier molecular flexibility index (Phi) is 21.1. The van der Waals surface area contributed by atoms with Crippen molar-refractivity contribution in [3.05, 3.63) is 29.8 Å². The molecule has 1 saturated heterocycles. The summed E-state index contributed by atoms with van der Waals surface area (Å²) in [6.45, 7) is 5.00. The van der Waals surface area contributed by atoms with Crippen molar-refractivity contribution in [2.24, 2.45) is 0 Å². The number of methoxy groups -OCH3 is 1. The van der Waals surface area contributed by atoms with Crippen LogP contribution in [0.5, 0.6) is 5.75 Å². The molecule has 2 atom stereocenters. The molecule has 1 aromatic rings. The number of ether oxygens (including phenoxy) is 5. The van der Waals surface area contributed by atoms with Gasteiger partial charge in [-0.3, -0.25) is 29.2 Å². The average Bonchev–Trinajstić information content (AvgIpc) is 3.08. The van der Waals surface area contributed by atoms with E-state index in [1.54, 1.807) is 34.1 Å². The van der Waals surface area contributed by atoms with Gasteiger partial charge in [0.1, 0.15) is 18.4 Å². The molecular formula is C33H52N4O13-2. The summed E-state index contributed by atoms with van der Waals surface area (Å²) >= 11 is 0. The number of carboxylic acid groups (broad SMARTS) is 3. The van der Waals surface area contributed by atoms with E-state index in [2.05, 4.69) is 0 Å². The second-order valence-corrected chi connectivity index (χ2v) is 11.6. The molecule has 0 aliphatic carbocycles. The lowest BCUT2D eigenvalue weighted by molar-refractivity contribution is -0.313. The molecule has 1 aliphatic heterocycles. The second kappa shape index (κ2) is 24.7. The van der Waals surface area contributed by atoms with Crippen molar-refractivity contribution < 1.29 is 63.3 Å². The predicted molar refractivity (Wildman–Crippen MR) is 174 cm³/mol. The lowest BCUT2D eigenvalue weighted by Gasteiger charge is -2.38. The third-order valence-corrected chi connectivity index (χ3v) is 8.16. The quantitative estimate of drug-likeness (QED) is 0.0877. The van der Waals surface area contributed by atoms with Crippen LogP contribution < -0.4 is 14.9 Å². The Labute approximate surface area is 293 Å². The van der Waals surface area contributed by atoms with Crippen LogP contribution in [0.25, 0.3) is 0 Å². The molecule has 0 aromatic heterocycles. The van der Waals surface area contributed by atoms with E-state index in [1.807, 2.05) is 6.92 Å². The molecule has 2 N–H and O–H groups in total. The second-order valence-electron chi connectivity index (χ2n) is 11.6. The van der Waals surface area contributed by atoms with Gasteiger partial charge in [-0.15, -0.1) is 0 Å². The molecule has 284 valence electrons. The van der Waals surface area contributed by atoms with Crippen molar-refractivity contribution in [3.8, 4) is 5.75 Å². The summed E-state index contributed by atoms with van der Waals surface area (Å²) in [5.41, 5.74) is 0.738. The van der Waals surface area contributed by atoms with E-state index in [9.17, 15) is 39.6 Å². The number of rotatable bonds is 22. The summed E-state index contributed by atoms with van der Waals surface area (Å²) in [6.07, 6.45) is 0.136. The van der Waals surface area contributed by atoms with Gasteiger partial charge in [-0.2, -0.15) is 0 Å². The van der Waals surface area contributed by atoms with Crippen LogP contribution in [0.2, 0.25) is 0 Å². The van der Waals surface area contributed by atoms with Gasteiger partial charge in [-0.05, 0) is 31.0 Å². The number of aliphatic hydroxyl groups is 1. The van der Waals surface area contributed by atoms with Gasteiger partial charge in [-0.25, -0.2) is 0 Å². The molecule has 17 heteroatoms. The van der Waals surface area contributed by atoms with Crippen LogP contribution in [0.1, 0.15) is 12.5 Å². The number of carbonyl (C=O) groups excluding carboxylic acids is 3. The van der Waals surface area contributed by atoms with E-state index in [4.69, 9.17) is 23.7 Å². The summed E-state index contributed by atoms with van der Waals surface area (Å²) in [7, 11) is 1.25. The number of aliphatic hydroxyl groups excluding tert-OH is 1. The van der Waals surface area contributed by atoms with Crippen molar-refractivity contribution in [3.63, 3.8) is 0 Å². The zero-order valence-electron chi connectivity index (χ0n) is 29.1. The zero-order valence-corrected chi connectivity index (χ0v) is 29.1. The minimum absolute atomic E-state index is 0.0603. The lowest BCUT2D eigenvalue weighted by atomic mass is 10.0. The Bertz CT molecular complexity index is 1140. The van der Waals surface area contributed by atoms with Crippen LogP contribution in [-0.2, 0) is 44.5 Å². The Morgan fingerprint density at radius 1 is 0.740 bits per heavy atom. The van der Waals surface area contributed by atoms with Gasteiger partial charge in [-0.1, -0.05) is 12.1 Å². The number of esters is 1. The summed E-state index contributed by atoms with van der Waals surface area (Å²) in [5, 5.41) is 43.4. The minimum atomic E-state index is -1.49. The highest BCUT2D eigenvalue weighted by molar-refractivity contribution is 5.74. The molecule has 1 aliphatic rings. The molecule has 1 aromatic carbocycles. The first-order valence-electron chi connectivity index (χ1n) is 16.8. The van der Waals surface area contributed by atoms with E-state index in [0.29, 0.717) is 52.0 Å². The van der Waals surface area contributed by atoms with E-state index < -0.39 is 49.1 Å². The lowest BCUT2D eigenvalue weighted by Crippen LogP contribution is -2.56. The molecule has 0 radical (unpaired) electrons. The molecule has 1 fully saturated rings. The van der Waals surface area contributed by atoms with Gasteiger partial charge in [0.15, 0.2) is 0 Å². The summed E-state index contributed by atoms with van der Waals surface area (Å²) in [5.74, 6) is -3.84. The predicted octanol–water partition coefficient (Wildman–Crippen LogP) is -3.61. The normalized spacial score (nSPS) is 17.3. The van der Waals surface area contributed by atoms with E-state index >= 15 is 0 Å². The maximum absolute atomic E-state index is 12.6. The fourth-order valence-electron chi connectivity index (χ4n) is 5.36. The van der Waals surface area contributed by atoms with Crippen molar-refractivity contribution in [2.75, 3.05) is 125 Å². The number of benzene rings is 1. The first kappa shape index (κ1) is 42.7. The highest BCUT2D eigenvalue weighted by Crippen LogP contribution is 2.16. The molecule has 17 nitrogen and oxygen atoms in total. The number of carboxylic acids is 3. The third kappa shape index (κ3) is 17.0. The van der Waals surface area contributed by atoms with Gasteiger partial charge >= 0.3 is 11.9 Å². The molecule has 2 rings (SSSR count). The van der Waals surface area contributed by atoms with E-state index in [1.165, 1.54) is 16.9 Å². The van der Waals surface area contributed by atoms with E-state index in [-0.39, 0.29) is 65.3 Å². The van der Waals surface area contributed by atoms with Crippen molar-refractivity contribution in [1.82, 2.24) is 19.6 Å². The first-order valence-corrected chi connectivity index (χ1v) is 16.8. The Hall–Kier alpha value is -3.42. The Morgan fingerprint density at radius 3 is 1.70 bits per heavy atom. The standard InChI is InChI=1S/C33H54N4O13/c1-3-47-16-17-48-18-19-49-20-21-50-27-6-4-26(5-7-27)22-28(32(42)43)36-12-8-34(23-30(39)40)9-14-37(29(25-38)33(44)45)15-11-35(10-13-36)24-31(41)46-2/h4-7,28-29,38H,3,8-25H2,1-2H3,(H,39,40)(H,42,43)(H,44,45)/p-2. The number of aliphatic carboxylic acids is 3. The topological polar surface area (TPSA) is 214 Å². The third-order valence-electron chi connectivity index (χ3n) is 8.16. The molecule has 0 spiro atoms. The molecular weight excluding hydrogens is 660 g/mol. The van der Waals surface area contributed by atoms with Crippen molar-refractivity contribution in [1.29, 1.82) is 0 Å². The van der Waals surface area contributed by atoms with Crippen LogP contribution >= 0.6 is 0 Å². The monoisotopic (exact) mass is 712 g/mol. The van der Waals surface area contributed by atoms with Gasteiger partial charge in [0.25, 0.3) is 0 Å². The smallest absolute Gasteiger partial charge is 0.321 e. The molecule has 50 heavy (non-hydrogen) atoms. The zero-order chi connectivity index (χ0) is 36.7. The molecule has 0 bridgehead atoms. The van der Waals surface area contributed by atoms with Crippen molar-refractivity contribution >= 4 is 23.9 Å². The highest BCUT2D eigenvalue weighted by atomic mass is 16.6. The number of hydrogen-bond donors (Lipinski definition) is 2. The SMILES string of the molecule is CCOCCOCCOCCOc1ccc(CC(C(=O)O)N2CCN(CC(=O)[O-])CCN(C(CO)C(=O)[O-])CCN(CC(=O)OC)CC2)cc1. The largest absolute Gasteiger partial charge is 0.549 e. The maximum atomic E-state index is 12.6. The van der Waals surface area contributed by atoms with Crippen LogP contribution in [0.4, 0.5) is 0 Å². The van der Waals surface area contributed by atoms with Gasteiger partial charge in [0.05, 0.1) is 71.3 Å². The fourth-order valence-corrected chi connectivity index (χ4v) is 5.36. The highest BCUT2D eigenvalue weighted by Gasteiger charge is 2.29. The number of nitrogens with zero attached hydrogens (tertiary/aromatic N) is 4. The average molecular weight is 713 g/mol. The number of carbonyl (C=O) groups is 4. The molecule has 2 unspecified atom stereocenters. The van der Waals surface area contributed by atoms with Gasteiger partial charge in [0, 0.05) is 65.5 Å². The van der Waals surface area contributed by atoms with Gasteiger partial charge in [0.2, 0.25) is 0 Å². The minimum Gasteiger partial charge on any atom is -0.549 e. The molecule has 1 heterocycles. The summed E-state index contributed by atoms with van der Waals surface area (Å²) < 4.78 is 26.7. The van der Waals surface area contributed by atoms with Crippen LogP contribution in [0.3, 0.4) is 0 Å². The van der Waals surface area contributed by atoms with Crippen molar-refractivity contribution in [2.45, 2.75) is 25.4 Å². The fraction of sp³-hybridized carbons (Fsp3) is 0.697.